The van der Waals surface area contributed by atoms with Gasteiger partial charge in [0.25, 0.3) is 0 Å². The molecule has 3 atom stereocenters. The van der Waals surface area contributed by atoms with E-state index in [2.05, 4.69) is 51.9 Å². The molecule has 0 aromatic heterocycles. The standard InChI is InChI=1S/C12H26N2/c1-9-7-11(8-14(9)6)13-10(2)12(3,4)5/h9-11,13H,7-8H2,1-6H3. The molecule has 1 fully saturated rings. The van der Waals surface area contributed by atoms with Gasteiger partial charge < -0.3 is 10.2 Å². The lowest BCUT2D eigenvalue weighted by atomic mass is 9.87. The summed E-state index contributed by atoms with van der Waals surface area (Å²) in [6, 6.07) is 2.01. The highest BCUT2D eigenvalue weighted by molar-refractivity contribution is 4.88. The van der Waals surface area contributed by atoms with E-state index in [1.807, 2.05) is 0 Å². The van der Waals surface area contributed by atoms with Crippen LogP contribution in [0.1, 0.15) is 41.0 Å². The Bertz CT molecular complexity index is 173. The van der Waals surface area contributed by atoms with Gasteiger partial charge in [-0.2, -0.15) is 0 Å². The molecule has 1 heterocycles. The second-order valence-electron chi connectivity index (χ2n) is 5.98. The van der Waals surface area contributed by atoms with Crippen molar-refractivity contribution in [2.75, 3.05) is 13.6 Å². The van der Waals surface area contributed by atoms with Crippen LogP contribution in [0.25, 0.3) is 0 Å². The summed E-state index contributed by atoms with van der Waals surface area (Å²) in [5, 5.41) is 3.74. The Labute approximate surface area is 89.1 Å². The fourth-order valence-electron chi connectivity index (χ4n) is 1.92. The summed E-state index contributed by atoms with van der Waals surface area (Å²) in [5.41, 5.74) is 0.365. The molecule has 0 aromatic rings. The van der Waals surface area contributed by atoms with Gasteiger partial charge >= 0.3 is 0 Å². The topological polar surface area (TPSA) is 15.3 Å². The summed E-state index contributed by atoms with van der Waals surface area (Å²) in [6.45, 7) is 12.7. The van der Waals surface area contributed by atoms with Crippen molar-refractivity contribution in [1.82, 2.24) is 10.2 Å². The van der Waals surface area contributed by atoms with Gasteiger partial charge in [0, 0.05) is 24.7 Å². The number of hydrogen-bond acceptors (Lipinski definition) is 2. The Morgan fingerprint density at radius 3 is 2.29 bits per heavy atom. The zero-order valence-corrected chi connectivity index (χ0v) is 10.6. The number of hydrogen-bond donors (Lipinski definition) is 1. The summed E-state index contributed by atoms with van der Waals surface area (Å²) < 4.78 is 0. The van der Waals surface area contributed by atoms with Gasteiger partial charge in [0.05, 0.1) is 0 Å². The molecule has 0 spiro atoms. The predicted molar refractivity (Wildman–Crippen MR) is 62.5 cm³/mol. The van der Waals surface area contributed by atoms with E-state index in [0.717, 1.165) is 6.04 Å². The minimum atomic E-state index is 0.365. The molecule has 1 rings (SSSR count). The second kappa shape index (κ2) is 4.19. The molecule has 1 aliphatic heterocycles. The van der Waals surface area contributed by atoms with Crippen LogP contribution in [0.2, 0.25) is 0 Å². The van der Waals surface area contributed by atoms with E-state index >= 15 is 0 Å². The maximum absolute atomic E-state index is 3.74. The highest BCUT2D eigenvalue weighted by Gasteiger charge is 2.29. The molecule has 84 valence electrons. The fourth-order valence-corrected chi connectivity index (χ4v) is 1.92. The molecule has 0 aliphatic carbocycles. The Morgan fingerprint density at radius 2 is 1.93 bits per heavy atom. The highest BCUT2D eigenvalue weighted by atomic mass is 15.2. The quantitative estimate of drug-likeness (QED) is 0.731. The maximum Gasteiger partial charge on any atom is 0.0212 e. The molecule has 2 heteroatoms. The van der Waals surface area contributed by atoms with Crippen LogP contribution in [0.15, 0.2) is 0 Å². The SMILES string of the molecule is CC1CC(NC(C)C(C)(C)C)CN1C. The predicted octanol–water partition coefficient (Wildman–Crippen LogP) is 2.10. The van der Waals surface area contributed by atoms with Crippen LogP contribution >= 0.6 is 0 Å². The van der Waals surface area contributed by atoms with E-state index in [0.29, 0.717) is 17.5 Å². The van der Waals surface area contributed by atoms with Crippen molar-refractivity contribution in [2.45, 2.75) is 59.2 Å². The van der Waals surface area contributed by atoms with Crippen LogP contribution < -0.4 is 5.32 Å². The summed E-state index contributed by atoms with van der Waals surface area (Å²) in [4.78, 5) is 2.44. The van der Waals surface area contributed by atoms with Crippen molar-refractivity contribution in [1.29, 1.82) is 0 Å². The normalized spacial score (nSPS) is 32.1. The Balaban J connectivity index is 2.40. The van der Waals surface area contributed by atoms with Crippen LogP contribution in [0.5, 0.6) is 0 Å². The number of nitrogens with zero attached hydrogens (tertiary/aromatic N) is 1. The molecule has 0 saturated carbocycles. The van der Waals surface area contributed by atoms with Gasteiger partial charge in [-0.05, 0) is 32.7 Å². The van der Waals surface area contributed by atoms with Crippen LogP contribution in [-0.2, 0) is 0 Å². The number of likely N-dealkylation sites (N-methyl/N-ethyl adjacent to an activating group) is 1. The smallest absolute Gasteiger partial charge is 0.0212 e. The van der Waals surface area contributed by atoms with Crippen molar-refractivity contribution in [3.05, 3.63) is 0 Å². The molecular weight excluding hydrogens is 172 g/mol. The molecule has 0 radical (unpaired) electrons. The van der Waals surface area contributed by atoms with E-state index in [-0.39, 0.29) is 0 Å². The molecule has 0 aromatic carbocycles. The third-order valence-corrected chi connectivity index (χ3v) is 3.67. The minimum Gasteiger partial charge on any atom is -0.310 e. The Hall–Kier alpha value is -0.0800. The average molecular weight is 198 g/mol. The van der Waals surface area contributed by atoms with E-state index in [4.69, 9.17) is 0 Å². The lowest BCUT2D eigenvalue weighted by Gasteiger charge is -2.31. The van der Waals surface area contributed by atoms with Gasteiger partial charge in [0.1, 0.15) is 0 Å². The largest absolute Gasteiger partial charge is 0.310 e. The molecule has 3 unspecified atom stereocenters. The van der Waals surface area contributed by atoms with E-state index in [1.54, 1.807) is 0 Å². The van der Waals surface area contributed by atoms with Crippen LogP contribution in [-0.4, -0.2) is 36.6 Å². The Kier molecular flexibility index (Phi) is 3.59. The number of rotatable bonds is 2. The fraction of sp³-hybridized carbons (Fsp3) is 1.00. The average Bonchev–Trinajstić information content (AvgIpc) is 2.29. The van der Waals surface area contributed by atoms with Gasteiger partial charge in [0.2, 0.25) is 0 Å². The third-order valence-electron chi connectivity index (χ3n) is 3.67. The number of nitrogens with one attached hydrogen (secondary N) is 1. The molecule has 14 heavy (non-hydrogen) atoms. The van der Waals surface area contributed by atoms with Crippen molar-refractivity contribution in [2.24, 2.45) is 5.41 Å². The van der Waals surface area contributed by atoms with Gasteiger partial charge in [-0.3, -0.25) is 0 Å². The lowest BCUT2D eigenvalue weighted by Crippen LogP contribution is -2.44. The van der Waals surface area contributed by atoms with Crippen LogP contribution in [0, 0.1) is 5.41 Å². The van der Waals surface area contributed by atoms with E-state index < -0.39 is 0 Å². The molecule has 0 bridgehead atoms. The second-order valence-corrected chi connectivity index (χ2v) is 5.98. The van der Waals surface area contributed by atoms with Crippen LogP contribution in [0.4, 0.5) is 0 Å². The monoisotopic (exact) mass is 198 g/mol. The maximum atomic E-state index is 3.74. The summed E-state index contributed by atoms with van der Waals surface area (Å²) in [7, 11) is 2.22. The molecule has 2 nitrogen and oxygen atoms in total. The highest BCUT2D eigenvalue weighted by Crippen LogP contribution is 2.22. The van der Waals surface area contributed by atoms with Crippen LogP contribution in [0.3, 0.4) is 0 Å². The third kappa shape index (κ3) is 2.96. The molecule has 0 amide bonds. The lowest BCUT2D eigenvalue weighted by molar-refractivity contribution is 0.260. The van der Waals surface area contributed by atoms with Gasteiger partial charge in [-0.1, -0.05) is 20.8 Å². The first-order valence-electron chi connectivity index (χ1n) is 5.77. The Morgan fingerprint density at radius 1 is 1.36 bits per heavy atom. The zero-order valence-electron chi connectivity index (χ0n) is 10.6. The van der Waals surface area contributed by atoms with Crippen molar-refractivity contribution in [3.8, 4) is 0 Å². The van der Waals surface area contributed by atoms with Crippen molar-refractivity contribution >= 4 is 0 Å². The van der Waals surface area contributed by atoms with E-state index in [1.165, 1.54) is 13.0 Å². The first kappa shape index (κ1) is 12.0. The molecule has 1 saturated heterocycles. The van der Waals surface area contributed by atoms with Crippen molar-refractivity contribution in [3.63, 3.8) is 0 Å². The van der Waals surface area contributed by atoms with Gasteiger partial charge in [-0.15, -0.1) is 0 Å². The first-order chi connectivity index (χ1) is 6.30. The molecular formula is C12H26N2. The molecule has 1 aliphatic rings. The zero-order chi connectivity index (χ0) is 10.9. The van der Waals surface area contributed by atoms with E-state index in [9.17, 15) is 0 Å². The minimum absolute atomic E-state index is 0.365. The van der Waals surface area contributed by atoms with Gasteiger partial charge in [0.15, 0.2) is 0 Å². The summed E-state index contributed by atoms with van der Waals surface area (Å²) in [5.74, 6) is 0. The van der Waals surface area contributed by atoms with Crippen molar-refractivity contribution < 1.29 is 0 Å². The summed E-state index contributed by atoms with van der Waals surface area (Å²) in [6.07, 6.45) is 1.29. The molecule has 1 N–H and O–H groups in total. The first-order valence-corrected chi connectivity index (χ1v) is 5.77. The van der Waals surface area contributed by atoms with Gasteiger partial charge in [-0.25, -0.2) is 0 Å². The summed E-state index contributed by atoms with van der Waals surface area (Å²) >= 11 is 0. The number of likely N-dealkylation sites (tertiary alicyclic amines) is 1.